The lowest BCUT2D eigenvalue weighted by molar-refractivity contribution is -0.0498. The summed E-state index contributed by atoms with van der Waals surface area (Å²) in [5.41, 5.74) is 2.05. The summed E-state index contributed by atoms with van der Waals surface area (Å²) in [6.07, 6.45) is 9.64. The Morgan fingerprint density at radius 3 is 2.48 bits per heavy atom. The fourth-order valence-electron chi connectivity index (χ4n) is 4.64. The van der Waals surface area contributed by atoms with Gasteiger partial charge < -0.3 is 19.9 Å². The molecule has 0 radical (unpaired) electrons. The molecule has 0 bridgehead atoms. The SMILES string of the molecule is O=c1[nH]cc(-c2ccc(OC(F)F)cc2)cc1Nc1ccnc(N2CCC3(CCC3)CC2)n1. The first kappa shape index (κ1) is 21.4. The van der Waals surface area contributed by atoms with Crippen molar-refractivity contribution in [1.29, 1.82) is 0 Å². The highest BCUT2D eigenvalue weighted by Gasteiger charge is 2.39. The van der Waals surface area contributed by atoms with E-state index in [-0.39, 0.29) is 11.3 Å². The first-order valence-corrected chi connectivity index (χ1v) is 11.1. The third kappa shape index (κ3) is 4.67. The van der Waals surface area contributed by atoms with Gasteiger partial charge in [-0.1, -0.05) is 18.6 Å². The topological polar surface area (TPSA) is 83.1 Å². The first-order valence-electron chi connectivity index (χ1n) is 11.1. The maximum Gasteiger partial charge on any atom is 0.387 e. The normalized spacial score (nSPS) is 17.1. The Bertz CT molecular complexity index is 1170. The Kier molecular flexibility index (Phi) is 5.70. The van der Waals surface area contributed by atoms with Gasteiger partial charge in [-0.15, -0.1) is 0 Å². The van der Waals surface area contributed by atoms with E-state index in [1.165, 1.54) is 44.2 Å². The van der Waals surface area contributed by atoms with Crippen molar-refractivity contribution < 1.29 is 13.5 Å². The number of hydrogen-bond donors (Lipinski definition) is 2. The summed E-state index contributed by atoms with van der Waals surface area (Å²) in [7, 11) is 0. The largest absolute Gasteiger partial charge is 0.435 e. The van der Waals surface area contributed by atoms with E-state index >= 15 is 0 Å². The zero-order valence-corrected chi connectivity index (χ0v) is 18.1. The highest BCUT2D eigenvalue weighted by atomic mass is 19.3. The van der Waals surface area contributed by atoms with Gasteiger partial charge in [0.2, 0.25) is 5.95 Å². The van der Waals surface area contributed by atoms with Crippen molar-refractivity contribution in [3.05, 3.63) is 59.1 Å². The predicted molar refractivity (Wildman–Crippen MR) is 122 cm³/mol. The third-order valence-electron chi connectivity index (χ3n) is 6.74. The van der Waals surface area contributed by atoms with Gasteiger partial charge in [0.25, 0.3) is 5.56 Å². The van der Waals surface area contributed by atoms with Crippen LogP contribution in [-0.4, -0.2) is 34.7 Å². The van der Waals surface area contributed by atoms with E-state index in [0.717, 1.165) is 24.2 Å². The van der Waals surface area contributed by atoms with Crippen molar-refractivity contribution in [1.82, 2.24) is 15.0 Å². The number of pyridine rings is 1. The molecule has 5 rings (SSSR count). The molecule has 0 unspecified atom stereocenters. The summed E-state index contributed by atoms with van der Waals surface area (Å²) in [5.74, 6) is 1.27. The van der Waals surface area contributed by atoms with E-state index in [2.05, 4.69) is 29.9 Å². The molecule has 1 aliphatic carbocycles. The van der Waals surface area contributed by atoms with E-state index < -0.39 is 6.61 Å². The maximum absolute atomic E-state index is 12.4. The summed E-state index contributed by atoms with van der Waals surface area (Å²) in [6.45, 7) is -0.975. The van der Waals surface area contributed by atoms with Crippen molar-refractivity contribution in [2.24, 2.45) is 5.41 Å². The van der Waals surface area contributed by atoms with E-state index in [0.29, 0.717) is 22.9 Å². The lowest BCUT2D eigenvalue weighted by Gasteiger charge is -2.48. The molecule has 1 saturated carbocycles. The molecule has 3 aromatic rings. The molecule has 2 fully saturated rings. The Balaban J connectivity index is 1.31. The first-order chi connectivity index (χ1) is 16.0. The van der Waals surface area contributed by atoms with Gasteiger partial charge in [0.05, 0.1) is 0 Å². The molecule has 2 N–H and O–H groups in total. The van der Waals surface area contributed by atoms with Gasteiger partial charge in [0, 0.05) is 31.0 Å². The summed E-state index contributed by atoms with van der Waals surface area (Å²) in [4.78, 5) is 26.4. The van der Waals surface area contributed by atoms with Crippen LogP contribution in [0.1, 0.15) is 32.1 Å². The van der Waals surface area contributed by atoms with E-state index in [1.807, 2.05) is 0 Å². The average molecular weight is 453 g/mol. The minimum absolute atomic E-state index is 0.0750. The van der Waals surface area contributed by atoms with E-state index in [9.17, 15) is 13.6 Å². The van der Waals surface area contributed by atoms with Gasteiger partial charge in [0.15, 0.2) is 0 Å². The standard InChI is InChI=1S/C24H25F2N5O2/c25-22(26)33-18-4-2-16(3-5-18)17-14-19(21(32)28-15-17)29-20-6-11-27-23(30-20)31-12-9-24(10-13-31)7-1-8-24/h2-6,11,14-15,22H,1,7-10,12-13H2,(H,28,32)(H,27,29,30). The van der Waals surface area contributed by atoms with E-state index in [4.69, 9.17) is 0 Å². The van der Waals surface area contributed by atoms with Gasteiger partial charge in [-0.2, -0.15) is 13.8 Å². The number of hydrogen-bond acceptors (Lipinski definition) is 6. The Labute approximate surface area is 189 Å². The molecule has 0 amide bonds. The Morgan fingerprint density at radius 2 is 1.82 bits per heavy atom. The van der Waals surface area contributed by atoms with Crippen LogP contribution in [-0.2, 0) is 0 Å². The van der Waals surface area contributed by atoms with Crippen molar-refractivity contribution >= 4 is 17.5 Å². The fraction of sp³-hybridized carbons (Fsp3) is 0.375. The molecule has 2 aliphatic rings. The van der Waals surface area contributed by atoms with Crippen molar-refractivity contribution in [2.75, 3.05) is 23.3 Å². The second kappa shape index (κ2) is 8.80. The number of piperidine rings is 1. The van der Waals surface area contributed by atoms with Gasteiger partial charge >= 0.3 is 6.61 Å². The van der Waals surface area contributed by atoms with Crippen LogP contribution in [0.4, 0.5) is 26.2 Å². The van der Waals surface area contributed by atoms with Crippen LogP contribution in [0.2, 0.25) is 0 Å². The summed E-state index contributed by atoms with van der Waals surface area (Å²) in [5, 5.41) is 3.09. The minimum Gasteiger partial charge on any atom is -0.435 e. The van der Waals surface area contributed by atoms with Crippen LogP contribution in [0.15, 0.2) is 53.6 Å². The smallest absolute Gasteiger partial charge is 0.387 e. The van der Waals surface area contributed by atoms with Crippen molar-refractivity contribution in [3.63, 3.8) is 0 Å². The Hall–Kier alpha value is -3.49. The summed E-state index contributed by atoms with van der Waals surface area (Å²) < 4.78 is 29.1. The lowest BCUT2D eigenvalue weighted by Crippen LogP contribution is -2.44. The molecule has 0 atom stereocenters. The third-order valence-corrected chi connectivity index (χ3v) is 6.74. The number of aromatic nitrogens is 3. The second-order valence-electron chi connectivity index (χ2n) is 8.74. The quantitative estimate of drug-likeness (QED) is 0.550. The molecule has 9 heteroatoms. The molecule has 1 spiro atoms. The lowest BCUT2D eigenvalue weighted by atomic mass is 9.63. The highest BCUT2D eigenvalue weighted by molar-refractivity contribution is 5.69. The van der Waals surface area contributed by atoms with Gasteiger partial charge in [-0.25, -0.2) is 4.98 Å². The molecular weight excluding hydrogens is 428 g/mol. The number of alkyl halides is 2. The number of halogens is 2. The number of ether oxygens (including phenoxy) is 1. The van der Waals surface area contributed by atoms with Crippen molar-refractivity contribution in [3.8, 4) is 16.9 Å². The number of nitrogens with one attached hydrogen (secondary N) is 2. The van der Waals surface area contributed by atoms with Gasteiger partial charge in [-0.3, -0.25) is 4.79 Å². The van der Waals surface area contributed by atoms with E-state index in [1.54, 1.807) is 36.7 Å². The molecule has 3 heterocycles. The number of nitrogens with zero attached hydrogens (tertiary/aromatic N) is 3. The monoisotopic (exact) mass is 453 g/mol. The van der Waals surface area contributed by atoms with Crippen LogP contribution in [0, 0.1) is 5.41 Å². The van der Waals surface area contributed by atoms with Crippen LogP contribution < -0.4 is 20.5 Å². The van der Waals surface area contributed by atoms with Crippen LogP contribution >= 0.6 is 0 Å². The zero-order chi connectivity index (χ0) is 22.8. The number of benzene rings is 1. The Morgan fingerprint density at radius 1 is 1.06 bits per heavy atom. The van der Waals surface area contributed by atoms with Gasteiger partial charge in [-0.05, 0) is 60.9 Å². The van der Waals surface area contributed by atoms with Crippen LogP contribution in [0.3, 0.4) is 0 Å². The molecule has 172 valence electrons. The van der Waals surface area contributed by atoms with Gasteiger partial charge in [0.1, 0.15) is 17.3 Å². The molecule has 7 nitrogen and oxygen atoms in total. The zero-order valence-electron chi connectivity index (χ0n) is 18.1. The minimum atomic E-state index is -2.87. The maximum atomic E-state index is 12.4. The highest BCUT2D eigenvalue weighted by Crippen LogP contribution is 2.49. The number of rotatable bonds is 6. The number of H-pyrrole nitrogens is 1. The fourth-order valence-corrected chi connectivity index (χ4v) is 4.64. The molecule has 1 aliphatic heterocycles. The second-order valence-corrected chi connectivity index (χ2v) is 8.74. The average Bonchev–Trinajstić information content (AvgIpc) is 2.80. The molecule has 1 saturated heterocycles. The van der Waals surface area contributed by atoms with Crippen molar-refractivity contribution in [2.45, 2.75) is 38.7 Å². The summed E-state index contributed by atoms with van der Waals surface area (Å²) >= 11 is 0. The van der Waals surface area contributed by atoms with Crippen LogP contribution in [0.5, 0.6) is 5.75 Å². The summed E-state index contributed by atoms with van der Waals surface area (Å²) in [6, 6.07) is 9.66. The predicted octanol–water partition coefficient (Wildman–Crippen LogP) is 4.95. The molecule has 33 heavy (non-hydrogen) atoms. The number of aromatic amines is 1. The molecule has 1 aromatic carbocycles. The molecular formula is C24H25F2N5O2. The number of anilines is 3. The molecule has 2 aromatic heterocycles. The van der Waals surface area contributed by atoms with Crippen LogP contribution in [0.25, 0.3) is 11.1 Å².